The van der Waals surface area contributed by atoms with Crippen LogP contribution in [0.5, 0.6) is 5.75 Å². The van der Waals surface area contributed by atoms with Crippen LogP contribution in [-0.4, -0.2) is 32.8 Å². The molecule has 19 heavy (non-hydrogen) atoms. The molecule has 0 aliphatic heterocycles. The number of hydrogen-bond donors (Lipinski definition) is 1. The smallest absolute Gasteiger partial charge is 0.261 e. The molecular weight excluding hydrogens is 320 g/mol. The molecule has 0 aliphatic carbocycles. The van der Waals surface area contributed by atoms with E-state index in [-0.39, 0.29) is 12.6 Å². The number of hydrogen-bond acceptors (Lipinski definition) is 3. The zero-order valence-corrected chi connectivity index (χ0v) is 12.3. The van der Waals surface area contributed by atoms with Crippen molar-refractivity contribution in [1.82, 2.24) is 0 Å². The van der Waals surface area contributed by atoms with Crippen molar-refractivity contribution >= 4 is 15.9 Å². The molecule has 1 rings (SSSR count). The van der Waals surface area contributed by atoms with Gasteiger partial charge < -0.3 is 15.2 Å². The average Bonchev–Trinajstić information content (AvgIpc) is 2.35. The van der Waals surface area contributed by atoms with Gasteiger partial charge in [0.2, 0.25) is 0 Å². The van der Waals surface area contributed by atoms with Crippen LogP contribution >= 0.6 is 15.9 Å². The lowest BCUT2D eigenvalue weighted by molar-refractivity contribution is 0.0153. The molecule has 0 saturated carbocycles. The monoisotopic (exact) mass is 337 g/mol. The first-order chi connectivity index (χ1) is 9.02. The van der Waals surface area contributed by atoms with Crippen molar-refractivity contribution in [3.05, 3.63) is 28.2 Å². The Kier molecular flexibility index (Phi) is 7.27. The van der Waals surface area contributed by atoms with Gasteiger partial charge in [0.15, 0.2) is 0 Å². The Hall–Kier alpha value is -0.720. The van der Waals surface area contributed by atoms with Gasteiger partial charge in [-0.25, -0.2) is 8.78 Å². The quantitative estimate of drug-likeness (QED) is 0.741. The molecule has 0 saturated heterocycles. The zero-order valence-electron chi connectivity index (χ0n) is 10.7. The van der Waals surface area contributed by atoms with Crippen molar-refractivity contribution < 1.29 is 18.3 Å². The predicted molar refractivity (Wildman–Crippen MR) is 73.8 cm³/mol. The molecule has 1 unspecified atom stereocenters. The van der Waals surface area contributed by atoms with E-state index >= 15 is 0 Å². The maximum Gasteiger partial charge on any atom is 0.261 e. The van der Waals surface area contributed by atoms with E-state index in [1.165, 1.54) is 0 Å². The van der Waals surface area contributed by atoms with E-state index in [0.29, 0.717) is 12.8 Å². The highest BCUT2D eigenvalue weighted by Crippen LogP contribution is 2.26. The fourth-order valence-corrected chi connectivity index (χ4v) is 2.24. The summed E-state index contributed by atoms with van der Waals surface area (Å²) in [5.41, 5.74) is 6.99. The van der Waals surface area contributed by atoms with E-state index in [1.54, 1.807) is 7.11 Å². The minimum absolute atomic E-state index is 0.113. The highest BCUT2D eigenvalue weighted by atomic mass is 79.9. The second kappa shape index (κ2) is 8.45. The normalized spacial score (nSPS) is 12.7. The van der Waals surface area contributed by atoms with Gasteiger partial charge in [-0.15, -0.1) is 0 Å². The number of alkyl halides is 2. The van der Waals surface area contributed by atoms with E-state index in [2.05, 4.69) is 15.9 Å². The molecule has 1 atom stereocenters. The number of rotatable bonds is 8. The summed E-state index contributed by atoms with van der Waals surface area (Å²) < 4.78 is 34.5. The van der Waals surface area contributed by atoms with Crippen molar-refractivity contribution in [3.8, 4) is 5.75 Å². The molecule has 1 aromatic rings. The third-order valence-corrected chi connectivity index (χ3v) is 3.21. The van der Waals surface area contributed by atoms with E-state index in [1.807, 2.05) is 18.2 Å². The molecule has 0 amide bonds. The Balaban J connectivity index is 2.35. The van der Waals surface area contributed by atoms with Gasteiger partial charge in [-0.1, -0.05) is 6.07 Å². The summed E-state index contributed by atoms with van der Waals surface area (Å²) >= 11 is 3.40. The number of methoxy groups -OCH3 is 1. The van der Waals surface area contributed by atoms with Crippen LogP contribution in [0.15, 0.2) is 22.7 Å². The molecule has 0 radical (unpaired) electrons. The Morgan fingerprint density at radius 3 is 2.68 bits per heavy atom. The van der Waals surface area contributed by atoms with Crippen molar-refractivity contribution in [3.63, 3.8) is 0 Å². The number of benzene rings is 1. The summed E-state index contributed by atoms with van der Waals surface area (Å²) in [7, 11) is 1.60. The van der Waals surface area contributed by atoms with Gasteiger partial charge in [-0.2, -0.15) is 0 Å². The van der Waals surface area contributed by atoms with E-state index in [0.717, 1.165) is 15.8 Å². The van der Waals surface area contributed by atoms with Gasteiger partial charge >= 0.3 is 0 Å². The number of ether oxygens (including phenoxy) is 2. The van der Waals surface area contributed by atoms with Crippen LogP contribution in [0.3, 0.4) is 0 Å². The minimum Gasteiger partial charge on any atom is -0.496 e. The third-order valence-electron chi connectivity index (χ3n) is 2.59. The standard InChI is InChI=1S/C13H18BrF2NO2/c1-18-12-3-2-9(7-11(12)14)6-10(17)4-5-19-8-13(15)16/h2-3,7,10,13H,4-6,8,17H2,1H3. The van der Waals surface area contributed by atoms with Crippen molar-refractivity contribution in [1.29, 1.82) is 0 Å². The molecule has 2 N–H and O–H groups in total. The number of nitrogens with two attached hydrogens (primary N) is 1. The highest BCUT2D eigenvalue weighted by molar-refractivity contribution is 9.10. The lowest BCUT2D eigenvalue weighted by Crippen LogP contribution is -2.25. The molecule has 0 bridgehead atoms. The summed E-state index contributed by atoms with van der Waals surface area (Å²) in [5, 5.41) is 0. The van der Waals surface area contributed by atoms with Crippen molar-refractivity contribution in [2.45, 2.75) is 25.3 Å². The number of halogens is 3. The van der Waals surface area contributed by atoms with Gasteiger partial charge in [-0.3, -0.25) is 0 Å². The van der Waals surface area contributed by atoms with Crippen LogP contribution in [0.2, 0.25) is 0 Å². The summed E-state index contributed by atoms with van der Waals surface area (Å²) in [5.74, 6) is 0.762. The molecule has 0 aromatic heterocycles. The largest absolute Gasteiger partial charge is 0.496 e. The SMILES string of the molecule is COc1ccc(CC(N)CCOCC(F)F)cc1Br. The Labute approximate surface area is 120 Å². The molecule has 108 valence electrons. The molecular formula is C13H18BrF2NO2. The predicted octanol–water partition coefficient (Wildman–Crippen LogP) is 3.00. The summed E-state index contributed by atoms with van der Waals surface area (Å²) in [6, 6.07) is 5.62. The lowest BCUT2D eigenvalue weighted by Gasteiger charge is -2.13. The second-order valence-corrected chi connectivity index (χ2v) is 5.04. The van der Waals surface area contributed by atoms with Crippen LogP contribution in [0.25, 0.3) is 0 Å². The van der Waals surface area contributed by atoms with E-state index in [9.17, 15) is 8.78 Å². The minimum atomic E-state index is -2.42. The summed E-state index contributed by atoms with van der Waals surface area (Å²) in [6.07, 6.45) is -1.20. The van der Waals surface area contributed by atoms with E-state index in [4.69, 9.17) is 15.2 Å². The van der Waals surface area contributed by atoms with Crippen molar-refractivity contribution in [2.75, 3.05) is 20.3 Å². The fourth-order valence-electron chi connectivity index (χ4n) is 1.65. The van der Waals surface area contributed by atoms with Gasteiger partial charge in [0.1, 0.15) is 12.4 Å². The topological polar surface area (TPSA) is 44.5 Å². The van der Waals surface area contributed by atoms with E-state index < -0.39 is 13.0 Å². The van der Waals surface area contributed by atoms with Gasteiger partial charge in [-0.05, 0) is 46.5 Å². The first-order valence-electron chi connectivity index (χ1n) is 5.96. The van der Waals surface area contributed by atoms with Crippen molar-refractivity contribution in [2.24, 2.45) is 5.73 Å². The Morgan fingerprint density at radius 2 is 2.11 bits per heavy atom. The second-order valence-electron chi connectivity index (χ2n) is 4.19. The third kappa shape index (κ3) is 6.31. The molecule has 0 spiro atoms. The maximum absolute atomic E-state index is 11.8. The first kappa shape index (κ1) is 16.3. The van der Waals surface area contributed by atoms with Gasteiger partial charge in [0.25, 0.3) is 6.43 Å². The molecule has 3 nitrogen and oxygen atoms in total. The lowest BCUT2D eigenvalue weighted by atomic mass is 10.0. The Bertz CT molecular complexity index is 391. The summed E-state index contributed by atoms with van der Waals surface area (Å²) in [4.78, 5) is 0. The zero-order chi connectivity index (χ0) is 14.3. The van der Waals surface area contributed by atoms with Crippen LogP contribution in [-0.2, 0) is 11.2 Å². The molecule has 0 heterocycles. The molecule has 0 aliphatic rings. The fraction of sp³-hybridized carbons (Fsp3) is 0.538. The molecule has 0 fully saturated rings. The van der Waals surface area contributed by atoms with Crippen LogP contribution < -0.4 is 10.5 Å². The molecule has 1 aromatic carbocycles. The highest BCUT2D eigenvalue weighted by Gasteiger charge is 2.08. The van der Waals surface area contributed by atoms with Gasteiger partial charge in [0.05, 0.1) is 11.6 Å². The molecule has 6 heteroatoms. The van der Waals surface area contributed by atoms with Crippen LogP contribution in [0.4, 0.5) is 8.78 Å². The summed E-state index contributed by atoms with van der Waals surface area (Å²) in [6.45, 7) is -0.274. The van der Waals surface area contributed by atoms with Crippen LogP contribution in [0.1, 0.15) is 12.0 Å². The first-order valence-corrected chi connectivity index (χ1v) is 6.76. The van der Waals surface area contributed by atoms with Crippen LogP contribution in [0, 0.1) is 0 Å². The maximum atomic E-state index is 11.8. The Morgan fingerprint density at radius 1 is 1.37 bits per heavy atom. The average molecular weight is 338 g/mol. The van der Waals surface area contributed by atoms with Gasteiger partial charge in [0, 0.05) is 12.6 Å².